The van der Waals surface area contributed by atoms with Crippen molar-refractivity contribution in [3.63, 3.8) is 0 Å². The van der Waals surface area contributed by atoms with Crippen molar-refractivity contribution in [1.82, 2.24) is 4.90 Å². The van der Waals surface area contributed by atoms with Crippen LogP contribution in [0.1, 0.15) is 39.5 Å². The molecule has 0 saturated carbocycles. The number of amides is 1. The van der Waals surface area contributed by atoms with Crippen LogP contribution in [0.2, 0.25) is 0 Å². The van der Waals surface area contributed by atoms with Gasteiger partial charge in [-0.2, -0.15) is 0 Å². The lowest BCUT2D eigenvalue weighted by molar-refractivity contribution is -0.143. The number of carbonyl (C=O) groups excluding carboxylic acids is 1. The molecule has 1 heterocycles. The summed E-state index contributed by atoms with van der Waals surface area (Å²) in [6.45, 7) is 4.73. The molecular formula is C15H27NO6S. The fourth-order valence-electron chi connectivity index (χ4n) is 2.64. The van der Waals surface area contributed by atoms with Crippen molar-refractivity contribution in [2.75, 3.05) is 32.1 Å². The summed E-state index contributed by atoms with van der Waals surface area (Å²) >= 11 is 0. The van der Waals surface area contributed by atoms with Gasteiger partial charge in [0.15, 0.2) is 9.84 Å². The van der Waals surface area contributed by atoms with Gasteiger partial charge in [0.2, 0.25) is 5.91 Å². The van der Waals surface area contributed by atoms with Gasteiger partial charge in [-0.05, 0) is 26.2 Å². The first-order valence-corrected chi connectivity index (χ1v) is 9.82. The minimum Gasteiger partial charge on any atom is -0.481 e. The van der Waals surface area contributed by atoms with Crippen molar-refractivity contribution in [1.29, 1.82) is 0 Å². The van der Waals surface area contributed by atoms with Crippen LogP contribution in [-0.4, -0.2) is 67.6 Å². The lowest BCUT2D eigenvalue weighted by Gasteiger charge is -2.30. The average Bonchev–Trinajstić information content (AvgIpc) is 2.49. The number of carboxylic acids is 1. The van der Waals surface area contributed by atoms with E-state index in [1.165, 1.54) is 11.8 Å². The standard InChI is InChI=1S/C15H27NO6S/c1-3-22-9-6-8-16(11-12(2)15(18)19)14(17)13-7-4-5-10-23(13,20)21/h12-13H,3-11H2,1-2H3,(H,18,19). The Hall–Kier alpha value is -1.15. The molecule has 0 aromatic carbocycles. The average molecular weight is 349 g/mol. The minimum absolute atomic E-state index is 0.0202. The molecule has 1 aliphatic rings. The van der Waals surface area contributed by atoms with Gasteiger partial charge in [0.05, 0.1) is 11.7 Å². The molecule has 0 aromatic heterocycles. The van der Waals surface area contributed by atoms with E-state index in [4.69, 9.17) is 9.84 Å². The second-order valence-electron chi connectivity index (χ2n) is 5.93. The van der Waals surface area contributed by atoms with Crippen LogP contribution < -0.4 is 0 Å². The highest BCUT2D eigenvalue weighted by atomic mass is 32.2. The highest BCUT2D eigenvalue weighted by molar-refractivity contribution is 7.92. The Bertz CT molecular complexity index is 504. The van der Waals surface area contributed by atoms with Gasteiger partial charge < -0.3 is 14.7 Å². The van der Waals surface area contributed by atoms with Gasteiger partial charge in [0.1, 0.15) is 5.25 Å². The lowest BCUT2D eigenvalue weighted by atomic mass is 10.1. The molecule has 1 rings (SSSR count). The molecule has 23 heavy (non-hydrogen) atoms. The van der Waals surface area contributed by atoms with Gasteiger partial charge in [-0.15, -0.1) is 0 Å². The Morgan fingerprint density at radius 2 is 2.04 bits per heavy atom. The van der Waals surface area contributed by atoms with Gasteiger partial charge in [-0.3, -0.25) is 9.59 Å². The van der Waals surface area contributed by atoms with Gasteiger partial charge in [0, 0.05) is 26.3 Å². The zero-order valence-electron chi connectivity index (χ0n) is 13.9. The summed E-state index contributed by atoms with van der Waals surface area (Å²) in [5.41, 5.74) is 0. The Kier molecular flexibility index (Phi) is 7.98. The third-order valence-electron chi connectivity index (χ3n) is 4.00. The predicted octanol–water partition coefficient (Wildman–Crippen LogP) is 0.930. The van der Waals surface area contributed by atoms with Crippen molar-refractivity contribution in [3.8, 4) is 0 Å². The van der Waals surface area contributed by atoms with E-state index in [1.807, 2.05) is 6.92 Å². The van der Waals surface area contributed by atoms with E-state index in [0.29, 0.717) is 45.4 Å². The number of hydrogen-bond donors (Lipinski definition) is 1. The van der Waals surface area contributed by atoms with E-state index >= 15 is 0 Å². The Labute approximate surface area is 137 Å². The lowest BCUT2D eigenvalue weighted by Crippen LogP contribution is -2.47. The first-order chi connectivity index (χ1) is 10.8. The molecule has 134 valence electrons. The summed E-state index contributed by atoms with van der Waals surface area (Å²) in [5, 5.41) is 8.03. The normalized spacial score (nSPS) is 21.6. The van der Waals surface area contributed by atoms with Gasteiger partial charge in [-0.25, -0.2) is 8.42 Å². The summed E-state index contributed by atoms with van der Waals surface area (Å²) in [7, 11) is -3.43. The Balaban J connectivity index is 2.79. The van der Waals surface area contributed by atoms with Crippen molar-refractivity contribution in [2.24, 2.45) is 5.92 Å². The van der Waals surface area contributed by atoms with Crippen LogP contribution in [0.5, 0.6) is 0 Å². The fourth-order valence-corrected chi connectivity index (χ4v) is 4.51. The Morgan fingerprint density at radius 1 is 1.35 bits per heavy atom. The molecule has 7 nitrogen and oxygen atoms in total. The zero-order valence-corrected chi connectivity index (χ0v) is 14.7. The number of carboxylic acid groups (broad SMARTS) is 1. The van der Waals surface area contributed by atoms with Crippen LogP contribution in [0.4, 0.5) is 0 Å². The Morgan fingerprint density at radius 3 is 2.61 bits per heavy atom. The molecule has 0 spiro atoms. The van der Waals surface area contributed by atoms with Crippen molar-refractivity contribution < 1.29 is 27.9 Å². The number of rotatable bonds is 9. The molecule has 1 saturated heterocycles. The number of carbonyl (C=O) groups is 2. The van der Waals surface area contributed by atoms with Crippen LogP contribution in [-0.2, 0) is 24.2 Å². The molecule has 0 radical (unpaired) electrons. The number of aliphatic carboxylic acids is 1. The van der Waals surface area contributed by atoms with Crippen molar-refractivity contribution >= 4 is 21.7 Å². The minimum atomic E-state index is -3.43. The molecule has 0 aliphatic carbocycles. The fraction of sp³-hybridized carbons (Fsp3) is 0.867. The molecule has 8 heteroatoms. The summed E-state index contributed by atoms with van der Waals surface area (Å²) < 4.78 is 29.5. The molecule has 1 aliphatic heterocycles. The summed E-state index contributed by atoms with van der Waals surface area (Å²) in [6.07, 6.45) is 2.17. The number of ether oxygens (including phenoxy) is 1. The maximum absolute atomic E-state index is 12.6. The van der Waals surface area contributed by atoms with Crippen LogP contribution >= 0.6 is 0 Å². The monoisotopic (exact) mass is 349 g/mol. The highest BCUT2D eigenvalue weighted by Crippen LogP contribution is 2.22. The van der Waals surface area contributed by atoms with E-state index in [1.54, 1.807) is 0 Å². The first-order valence-electron chi connectivity index (χ1n) is 8.10. The van der Waals surface area contributed by atoms with Crippen LogP contribution in [0, 0.1) is 5.92 Å². The molecular weight excluding hydrogens is 322 g/mol. The second kappa shape index (κ2) is 9.22. The quantitative estimate of drug-likeness (QED) is 0.622. The number of nitrogens with zero attached hydrogens (tertiary/aromatic N) is 1. The highest BCUT2D eigenvalue weighted by Gasteiger charge is 2.37. The van der Waals surface area contributed by atoms with E-state index in [9.17, 15) is 18.0 Å². The van der Waals surface area contributed by atoms with E-state index in [2.05, 4.69) is 0 Å². The summed E-state index contributed by atoms with van der Waals surface area (Å²) in [4.78, 5) is 25.1. The predicted molar refractivity (Wildman–Crippen MR) is 85.9 cm³/mol. The smallest absolute Gasteiger partial charge is 0.308 e. The van der Waals surface area contributed by atoms with Gasteiger partial charge >= 0.3 is 5.97 Å². The number of hydrogen-bond acceptors (Lipinski definition) is 5. The van der Waals surface area contributed by atoms with Crippen LogP contribution in [0.3, 0.4) is 0 Å². The molecule has 2 atom stereocenters. The van der Waals surface area contributed by atoms with Crippen LogP contribution in [0.25, 0.3) is 0 Å². The first kappa shape index (κ1) is 19.9. The molecule has 1 fully saturated rings. The molecule has 1 amide bonds. The molecule has 1 N–H and O–H groups in total. The zero-order chi connectivity index (χ0) is 17.5. The van der Waals surface area contributed by atoms with Crippen LogP contribution in [0.15, 0.2) is 0 Å². The van der Waals surface area contributed by atoms with Gasteiger partial charge in [0.25, 0.3) is 0 Å². The third-order valence-corrected chi connectivity index (χ3v) is 6.16. The molecule has 0 bridgehead atoms. The third kappa shape index (κ3) is 6.10. The summed E-state index contributed by atoms with van der Waals surface area (Å²) in [6, 6.07) is 0. The molecule has 2 unspecified atom stereocenters. The SMILES string of the molecule is CCOCCCN(CC(C)C(=O)O)C(=O)C1CCCCS1(=O)=O. The topological polar surface area (TPSA) is 101 Å². The largest absolute Gasteiger partial charge is 0.481 e. The van der Waals surface area contributed by atoms with E-state index in [0.717, 1.165) is 0 Å². The van der Waals surface area contributed by atoms with E-state index < -0.39 is 32.9 Å². The number of sulfone groups is 1. The van der Waals surface area contributed by atoms with Crippen molar-refractivity contribution in [2.45, 2.75) is 44.8 Å². The van der Waals surface area contributed by atoms with Gasteiger partial charge in [-0.1, -0.05) is 13.3 Å². The maximum atomic E-state index is 12.6. The second-order valence-corrected chi connectivity index (χ2v) is 8.23. The van der Waals surface area contributed by atoms with Crippen molar-refractivity contribution in [3.05, 3.63) is 0 Å². The summed E-state index contributed by atoms with van der Waals surface area (Å²) in [5.74, 6) is -2.17. The molecule has 0 aromatic rings. The maximum Gasteiger partial charge on any atom is 0.308 e. The van der Waals surface area contributed by atoms with E-state index in [-0.39, 0.29) is 12.3 Å².